The van der Waals surface area contributed by atoms with Crippen LogP contribution in [0.2, 0.25) is 0 Å². The molecule has 0 rings (SSSR count). The fraction of sp³-hybridized carbons (Fsp3) is 1.00. The van der Waals surface area contributed by atoms with Gasteiger partial charge in [0.2, 0.25) is 0 Å². The summed E-state index contributed by atoms with van der Waals surface area (Å²) in [7, 11) is 1.95. The number of hydrogen-bond donors (Lipinski definition) is 1. The van der Waals surface area contributed by atoms with Gasteiger partial charge in [-0.25, -0.2) is 0 Å². The van der Waals surface area contributed by atoms with Gasteiger partial charge in [0.05, 0.1) is 6.61 Å². The summed E-state index contributed by atoms with van der Waals surface area (Å²) in [4.78, 5) is 0. The molecule has 2 heteroatoms. The van der Waals surface area contributed by atoms with Gasteiger partial charge in [-0.1, -0.05) is 13.3 Å². The van der Waals surface area contributed by atoms with Crippen LogP contribution in [0.5, 0.6) is 0 Å². The molecule has 0 aromatic carbocycles. The zero-order valence-electron chi connectivity index (χ0n) is 7.31. The first-order valence-corrected chi connectivity index (χ1v) is 4.06. The standard InChI is InChI=1S/C8H19NO/c1-4-5-6-10-7-8(2)9-3/h8-9H,4-7H2,1-3H3/t8-/m0/s1. The first kappa shape index (κ1) is 9.92. The minimum atomic E-state index is 0.483. The summed E-state index contributed by atoms with van der Waals surface area (Å²) in [6.45, 7) is 6.02. The van der Waals surface area contributed by atoms with Crippen molar-refractivity contribution in [1.82, 2.24) is 5.32 Å². The van der Waals surface area contributed by atoms with Crippen molar-refractivity contribution >= 4 is 0 Å². The average Bonchev–Trinajstić information content (AvgIpc) is 1.98. The van der Waals surface area contributed by atoms with Crippen molar-refractivity contribution in [2.24, 2.45) is 0 Å². The number of hydrogen-bond acceptors (Lipinski definition) is 2. The molecule has 0 unspecified atom stereocenters. The van der Waals surface area contributed by atoms with Crippen LogP contribution in [0.25, 0.3) is 0 Å². The third kappa shape index (κ3) is 6.05. The molecular weight excluding hydrogens is 126 g/mol. The first-order chi connectivity index (χ1) is 4.81. The molecule has 0 aliphatic heterocycles. The van der Waals surface area contributed by atoms with E-state index in [2.05, 4.69) is 19.2 Å². The smallest absolute Gasteiger partial charge is 0.0616 e. The zero-order valence-corrected chi connectivity index (χ0v) is 7.31. The maximum atomic E-state index is 5.36. The van der Waals surface area contributed by atoms with Gasteiger partial charge in [0.15, 0.2) is 0 Å². The Balaban J connectivity index is 2.89. The van der Waals surface area contributed by atoms with Crippen LogP contribution in [0.15, 0.2) is 0 Å². The second-order valence-electron chi connectivity index (χ2n) is 2.62. The fourth-order valence-electron chi connectivity index (χ4n) is 0.590. The summed E-state index contributed by atoms with van der Waals surface area (Å²) in [5.74, 6) is 0. The van der Waals surface area contributed by atoms with Gasteiger partial charge < -0.3 is 10.1 Å². The van der Waals surface area contributed by atoms with E-state index >= 15 is 0 Å². The molecule has 0 aliphatic carbocycles. The molecule has 0 saturated carbocycles. The molecule has 0 fully saturated rings. The van der Waals surface area contributed by atoms with E-state index in [1.54, 1.807) is 0 Å². The van der Waals surface area contributed by atoms with Crippen LogP contribution in [0, 0.1) is 0 Å². The Kier molecular flexibility index (Phi) is 6.98. The maximum Gasteiger partial charge on any atom is 0.0616 e. The Labute approximate surface area is 64.0 Å². The summed E-state index contributed by atoms with van der Waals surface area (Å²) in [6, 6.07) is 0.483. The number of ether oxygens (including phenoxy) is 1. The van der Waals surface area contributed by atoms with Gasteiger partial charge in [0.25, 0.3) is 0 Å². The molecule has 0 amide bonds. The van der Waals surface area contributed by atoms with E-state index < -0.39 is 0 Å². The highest BCUT2D eigenvalue weighted by molar-refractivity contribution is 4.53. The van der Waals surface area contributed by atoms with Crippen molar-refractivity contribution in [2.75, 3.05) is 20.3 Å². The van der Waals surface area contributed by atoms with Gasteiger partial charge in [-0.2, -0.15) is 0 Å². The van der Waals surface area contributed by atoms with Gasteiger partial charge in [0, 0.05) is 12.6 Å². The summed E-state index contributed by atoms with van der Waals surface area (Å²) >= 11 is 0. The third-order valence-corrected chi connectivity index (χ3v) is 1.50. The summed E-state index contributed by atoms with van der Waals surface area (Å²) in [5.41, 5.74) is 0. The second-order valence-corrected chi connectivity index (χ2v) is 2.62. The molecule has 0 aromatic heterocycles. The van der Waals surface area contributed by atoms with Crippen LogP contribution in [-0.2, 0) is 4.74 Å². The van der Waals surface area contributed by atoms with Crippen molar-refractivity contribution in [3.05, 3.63) is 0 Å². The highest BCUT2D eigenvalue weighted by Gasteiger charge is 1.95. The molecule has 62 valence electrons. The van der Waals surface area contributed by atoms with Crippen LogP contribution >= 0.6 is 0 Å². The zero-order chi connectivity index (χ0) is 7.82. The molecule has 0 spiro atoms. The van der Waals surface area contributed by atoms with Gasteiger partial charge in [0.1, 0.15) is 0 Å². The van der Waals surface area contributed by atoms with Crippen molar-refractivity contribution in [1.29, 1.82) is 0 Å². The Bertz CT molecular complexity index is 66.3. The number of unbranched alkanes of at least 4 members (excludes halogenated alkanes) is 1. The predicted octanol–water partition coefficient (Wildman–Crippen LogP) is 1.41. The topological polar surface area (TPSA) is 21.3 Å². The van der Waals surface area contributed by atoms with E-state index in [4.69, 9.17) is 4.74 Å². The molecule has 1 N–H and O–H groups in total. The molecule has 1 atom stereocenters. The molecular formula is C8H19NO. The third-order valence-electron chi connectivity index (χ3n) is 1.50. The monoisotopic (exact) mass is 145 g/mol. The minimum absolute atomic E-state index is 0.483. The molecule has 0 radical (unpaired) electrons. The van der Waals surface area contributed by atoms with Crippen LogP contribution in [-0.4, -0.2) is 26.3 Å². The highest BCUT2D eigenvalue weighted by atomic mass is 16.5. The lowest BCUT2D eigenvalue weighted by atomic mass is 10.3. The van der Waals surface area contributed by atoms with Gasteiger partial charge in [-0.05, 0) is 20.4 Å². The van der Waals surface area contributed by atoms with Crippen molar-refractivity contribution in [2.45, 2.75) is 32.7 Å². The Hall–Kier alpha value is -0.0800. The van der Waals surface area contributed by atoms with E-state index in [1.165, 1.54) is 12.8 Å². The molecule has 0 bridgehead atoms. The Morgan fingerprint density at radius 3 is 2.70 bits per heavy atom. The van der Waals surface area contributed by atoms with Gasteiger partial charge >= 0.3 is 0 Å². The lowest BCUT2D eigenvalue weighted by Gasteiger charge is -2.09. The minimum Gasteiger partial charge on any atom is -0.380 e. The number of rotatable bonds is 6. The summed E-state index contributed by atoms with van der Waals surface area (Å²) in [6.07, 6.45) is 2.39. The van der Waals surface area contributed by atoms with E-state index in [0.29, 0.717) is 6.04 Å². The van der Waals surface area contributed by atoms with E-state index in [0.717, 1.165) is 13.2 Å². The maximum absolute atomic E-state index is 5.36. The van der Waals surface area contributed by atoms with Crippen molar-refractivity contribution < 1.29 is 4.74 Å². The average molecular weight is 145 g/mol. The number of nitrogens with one attached hydrogen (secondary N) is 1. The molecule has 0 heterocycles. The van der Waals surface area contributed by atoms with Crippen LogP contribution in [0.3, 0.4) is 0 Å². The summed E-state index contributed by atoms with van der Waals surface area (Å²) < 4.78 is 5.36. The second kappa shape index (κ2) is 7.03. The Morgan fingerprint density at radius 1 is 1.50 bits per heavy atom. The van der Waals surface area contributed by atoms with Crippen LogP contribution in [0.4, 0.5) is 0 Å². The fourth-order valence-corrected chi connectivity index (χ4v) is 0.590. The number of likely N-dealkylation sites (N-methyl/N-ethyl adjacent to an activating group) is 1. The predicted molar refractivity (Wildman–Crippen MR) is 44.2 cm³/mol. The van der Waals surface area contributed by atoms with Gasteiger partial charge in [-0.3, -0.25) is 0 Å². The first-order valence-electron chi connectivity index (χ1n) is 4.06. The van der Waals surface area contributed by atoms with Gasteiger partial charge in [-0.15, -0.1) is 0 Å². The highest BCUT2D eigenvalue weighted by Crippen LogP contribution is 1.89. The SMILES string of the molecule is CCCCOC[C@H](C)NC. The largest absolute Gasteiger partial charge is 0.380 e. The van der Waals surface area contributed by atoms with Crippen LogP contribution < -0.4 is 5.32 Å². The molecule has 0 aliphatic rings. The summed E-state index contributed by atoms with van der Waals surface area (Å²) in [5, 5.41) is 3.12. The van der Waals surface area contributed by atoms with E-state index in [-0.39, 0.29) is 0 Å². The van der Waals surface area contributed by atoms with E-state index in [1.807, 2.05) is 7.05 Å². The molecule has 2 nitrogen and oxygen atoms in total. The molecule has 10 heavy (non-hydrogen) atoms. The van der Waals surface area contributed by atoms with E-state index in [9.17, 15) is 0 Å². The lowest BCUT2D eigenvalue weighted by Crippen LogP contribution is -2.26. The Morgan fingerprint density at radius 2 is 2.20 bits per heavy atom. The molecule has 0 aromatic rings. The normalized spacial score (nSPS) is 13.5. The molecule has 0 saturated heterocycles. The van der Waals surface area contributed by atoms with Crippen molar-refractivity contribution in [3.8, 4) is 0 Å². The van der Waals surface area contributed by atoms with Crippen LogP contribution in [0.1, 0.15) is 26.7 Å². The lowest BCUT2D eigenvalue weighted by molar-refractivity contribution is 0.115. The quantitative estimate of drug-likeness (QED) is 0.571. The van der Waals surface area contributed by atoms with Crippen molar-refractivity contribution in [3.63, 3.8) is 0 Å².